The molecule has 0 heterocycles. The van der Waals surface area contributed by atoms with Crippen LogP contribution < -0.4 is 5.32 Å². The maximum atomic E-state index is 12.4. The predicted molar refractivity (Wildman–Crippen MR) is 69.6 cm³/mol. The number of hydrogen-bond donors (Lipinski definition) is 1. The molecule has 0 aliphatic heterocycles. The van der Waals surface area contributed by atoms with Gasteiger partial charge in [0.2, 0.25) is 18.3 Å². The Morgan fingerprint density at radius 1 is 1.32 bits per heavy atom. The van der Waals surface area contributed by atoms with E-state index in [2.05, 4.69) is 4.40 Å². The fourth-order valence-electron chi connectivity index (χ4n) is 0.907. The maximum Gasteiger partial charge on any atom is 0.518 e. The Labute approximate surface area is 125 Å². The molecule has 0 aromatic rings. The first-order valence-corrected chi connectivity index (χ1v) is 7.32. The molecule has 0 rings (SSSR count). The number of carbonyl (C=O) groups excluding carboxylic acids is 2. The van der Waals surface area contributed by atoms with Crippen LogP contribution in [0.3, 0.4) is 0 Å². The van der Waals surface area contributed by atoms with E-state index in [0.29, 0.717) is 0 Å². The Morgan fingerprint density at radius 3 is 2.14 bits per heavy atom. The molecule has 0 aromatic carbocycles. The average molecular weight is 347 g/mol. The molecule has 1 N–H and O–H groups in total. The van der Waals surface area contributed by atoms with Gasteiger partial charge in [-0.25, -0.2) is 0 Å². The molecule has 0 saturated heterocycles. The number of hydroxylamine groups is 2. The van der Waals surface area contributed by atoms with Crippen LogP contribution in [-0.4, -0.2) is 42.9 Å². The van der Waals surface area contributed by atoms with Crippen molar-refractivity contribution in [3.8, 4) is 0 Å². The van der Waals surface area contributed by atoms with Gasteiger partial charge in [0.25, 0.3) is 0 Å². The van der Waals surface area contributed by atoms with Gasteiger partial charge in [0.15, 0.2) is 0 Å². The number of carbonyl (C=O) groups is 2. The lowest BCUT2D eigenvalue weighted by molar-refractivity contribution is -0.185. The first-order chi connectivity index (χ1) is 9.73. The molecule has 8 nitrogen and oxygen atoms in total. The van der Waals surface area contributed by atoms with Gasteiger partial charge in [0, 0.05) is 6.42 Å². The highest BCUT2D eigenvalue weighted by Gasteiger charge is 2.47. The maximum absolute atomic E-state index is 12.4. The van der Waals surface area contributed by atoms with Crippen molar-refractivity contribution in [1.82, 2.24) is 10.4 Å². The monoisotopic (exact) mass is 347 g/mol. The van der Waals surface area contributed by atoms with Crippen LogP contribution in [0.5, 0.6) is 0 Å². The molecule has 2 amide bonds. The Balaban J connectivity index is 5.83. The number of nitrogens with zero attached hydrogens (tertiary/aromatic N) is 2. The van der Waals surface area contributed by atoms with Crippen molar-refractivity contribution < 1.29 is 36.0 Å². The third-order valence-corrected chi connectivity index (χ3v) is 2.75. The van der Waals surface area contributed by atoms with Gasteiger partial charge in [-0.2, -0.15) is 26.7 Å². The van der Waals surface area contributed by atoms with Crippen LogP contribution in [0.25, 0.3) is 0 Å². The second kappa shape index (κ2) is 7.05. The summed E-state index contributed by atoms with van der Waals surface area (Å²) in [4.78, 5) is 27.1. The van der Waals surface area contributed by atoms with E-state index in [1.54, 1.807) is 5.32 Å². The second-order valence-electron chi connectivity index (χ2n) is 4.87. The van der Waals surface area contributed by atoms with Gasteiger partial charge in [-0.1, -0.05) is 6.92 Å². The molecule has 0 saturated carbocycles. The normalized spacial score (nSPS) is 13.7. The predicted octanol–water partition coefficient (Wildman–Crippen LogP) is 0.907. The van der Waals surface area contributed by atoms with E-state index in [-0.39, 0.29) is 17.9 Å². The van der Waals surface area contributed by atoms with Crippen molar-refractivity contribution in [1.29, 1.82) is 0 Å². The van der Waals surface area contributed by atoms with Gasteiger partial charge in [0.05, 0.1) is 5.60 Å². The van der Waals surface area contributed by atoms with Crippen LogP contribution in [0.2, 0.25) is 0 Å². The number of nitrogens with one attached hydrogen (secondary N) is 1. The Kier molecular flexibility index (Phi) is 6.51. The lowest BCUT2D eigenvalue weighted by atomic mass is 10.2. The fourth-order valence-corrected chi connectivity index (χ4v) is 1.36. The Bertz CT molecular complexity index is 551. The molecule has 128 valence electrons. The molecule has 0 fully saturated rings. The van der Waals surface area contributed by atoms with Gasteiger partial charge < -0.3 is 0 Å². The van der Waals surface area contributed by atoms with E-state index >= 15 is 0 Å². The molecule has 0 aliphatic carbocycles. The van der Waals surface area contributed by atoms with E-state index in [0.717, 1.165) is 0 Å². The van der Waals surface area contributed by atoms with Crippen molar-refractivity contribution >= 4 is 28.3 Å². The van der Waals surface area contributed by atoms with Crippen LogP contribution in [0.1, 0.15) is 34.1 Å². The zero-order chi connectivity index (χ0) is 17.8. The molecule has 22 heavy (non-hydrogen) atoms. The van der Waals surface area contributed by atoms with Crippen molar-refractivity contribution in [2.75, 3.05) is 0 Å². The standard InChI is InChI=1S/C10H16F3N3O5S/c1-5-7(18)14-8(15-22(19,20)10(11,12)13)16(6-17)21-9(2,3)4/h6H,5H2,1-4H3,(H,14,15,18). The number of sulfonamides is 1. The zero-order valence-corrected chi connectivity index (χ0v) is 13.1. The third kappa shape index (κ3) is 6.39. The molecule has 0 atom stereocenters. The summed E-state index contributed by atoms with van der Waals surface area (Å²) >= 11 is 0. The van der Waals surface area contributed by atoms with Gasteiger partial charge >= 0.3 is 15.5 Å². The number of rotatable bonds is 4. The molecule has 0 radical (unpaired) electrons. The minimum absolute atomic E-state index is 0.108. The molecular weight excluding hydrogens is 331 g/mol. The first-order valence-electron chi connectivity index (χ1n) is 5.88. The third-order valence-electron chi connectivity index (χ3n) is 1.75. The number of guanidine groups is 1. The lowest BCUT2D eigenvalue weighted by Gasteiger charge is -2.27. The number of halogens is 3. The summed E-state index contributed by atoms with van der Waals surface area (Å²) in [5.41, 5.74) is -6.76. The Hall–Kier alpha value is -1.69. The summed E-state index contributed by atoms with van der Waals surface area (Å²) in [5.74, 6) is -2.06. The van der Waals surface area contributed by atoms with Crippen LogP contribution in [0, 0.1) is 0 Å². The van der Waals surface area contributed by atoms with E-state index in [9.17, 15) is 31.2 Å². The molecule has 0 unspecified atom stereocenters. The van der Waals surface area contributed by atoms with Gasteiger partial charge in [-0.15, -0.1) is 4.40 Å². The summed E-state index contributed by atoms with van der Waals surface area (Å²) in [5, 5.41) is 1.88. The summed E-state index contributed by atoms with van der Waals surface area (Å²) in [6, 6.07) is 0. The van der Waals surface area contributed by atoms with E-state index in [1.165, 1.54) is 27.7 Å². The summed E-state index contributed by atoms with van der Waals surface area (Å²) in [6.07, 6.45) is -0.306. The van der Waals surface area contributed by atoms with Gasteiger partial charge in [-0.3, -0.25) is 19.7 Å². The minimum Gasteiger partial charge on any atom is -0.294 e. The molecule has 0 aliphatic rings. The molecule has 0 spiro atoms. The topological polar surface area (TPSA) is 105 Å². The van der Waals surface area contributed by atoms with Crippen molar-refractivity contribution in [3.63, 3.8) is 0 Å². The van der Waals surface area contributed by atoms with Crippen molar-refractivity contribution in [3.05, 3.63) is 0 Å². The van der Waals surface area contributed by atoms with Crippen molar-refractivity contribution in [2.45, 2.75) is 45.2 Å². The SMILES string of the molecule is CCC(=O)NC(=NS(=O)(=O)C(F)(F)F)N(C=O)OC(C)(C)C. The molecular formula is C10H16F3N3O5S. The van der Waals surface area contributed by atoms with Crippen molar-refractivity contribution in [2.24, 2.45) is 4.40 Å². The summed E-state index contributed by atoms with van der Waals surface area (Å²) < 4.78 is 61.6. The quantitative estimate of drug-likeness (QED) is 0.352. The second-order valence-corrected chi connectivity index (χ2v) is 6.47. The molecule has 0 aromatic heterocycles. The number of amides is 2. The van der Waals surface area contributed by atoms with Crippen LogP contribution >= 0.6 is 0 Å². The van der Waals surface area contributed by atoms with E-state index in [4.69, 9.17) is 4.84 Å². The Morgan fingerprint density at radius 2 is 1.82 bits per heavy atom. The summed E-state index contributed by atoms with van der Waals surface area (Å²) in [7, 11) is -5.97. The minimum atomic E-state index is -5.97. The fraction of sp³-hybridized carbons (Fsp3) is 0.700. The highest BCUT2D eigenvalue weighted by molar-refractivity contribution is 7.91. The smallest absolute Gasteiger partial charge is 0.294 e. The summed E-state index contributed by atoms with van der Waals surface area (Å²) in [6.45, 7) is 5.70. The van der Waals surface area contributed by atoms with Gasteiger partial charge in [0.1, 0.15) is 0 Å². The highest BCUT2D eigenvalue weighted by atomic mass is 32.2. The molecule has 0 bridgehead atoms. The van der Waals surface area contributed by atoms with E-state index < -0.39 is 33.0 Å². The number of alkyl halides is 3. The zero-order valence-electron chi connectivity index (χ0n) is 12.3. The number of hydrogen-bond acceptors (Lipinski definition) is 5. The van der Waals surface area contributed by atoms with Crippen LogP contribution in [-0.2, 0) is 24.4 Å². The molecule has 12 heteroatoms. The first kappa shape index (κ1) is 20.3. The van der Waals surface area contributed by atoms with Crippen LogP contribution in [0.4, 0.5) is 13.2 Å². The lowest BCUT2D eigenvalue weighted by Crippen LogP contribution is -2.47. The van der Waals surface area contributed by atoms with Crippen LogP contribution in [0.15, 0.2) is 4.40 Å². The highest BCUT2D eigenvalue weighted by Crippen LogP contribution is 2.25. The van der Waals surface area contributed by atoms with E-state index in [1.807, 2.05) is 0 Å². The van der Waals surface area contributed by atoms with Gasteiger partial charge in [-0.05, 0) is 20.8 Å². The average Bonchev–Trinajstić information content (AvgIpc) is 2.32. The largest absolute Gasteiger partial charge is 0.518 e.